The van der Waals surface area contributed by atoms with Crippen LogP contribution in [0.5, 0.6) is 0 Å². The number of anilines is 1. The van der Waals surface area contributed by atoms with Gasteiger partial charge in [-0.25, -0.2) is 9.97 Å². The van der Waals surface area contributed by atoms with E-state index in [1.807, 2.05) is 0 Å². The predicted molar refractivity (Wildman–Crippen MR) is 95.5 cm³/mol. The van der Waals surface area contributed by atoms with Gasteiger partial charge in [0.1, 0.15) is 17.2 Å². The Hall–Kier alpha value is -2.43. The van der Waals surface area contributed by atoms with Crippen molar-refractivity contribution in [2.24, 2.45) is 5.41 Å². The second-order valence-corrected chi connectivity index (χ2v) is 7.85. The van der Waals surface area contributed by atoms with Crippen LogP contribution in [0.25, 0.3) is 0 Å². The molecule has 2 aromatic rings. The predicted octanol–water partition coefficient (Wildman–Crippen LogP) is 4.27. The molecule has 1 fully saturated rings. The van der Waals surface area contributed by atoms with Gasteiger partial charge in [-0.3, -0.25) is 4.98 Å². The zero-order valence-corrected chi connectivity index (χ0v) is 16.1. The van der Waals surface area contributed by atoms with Gasteiger partial charge in [0.15, 0.2) is 0 Å². The maximum absolute atomic E-state index is 13.4. The van der Waals surface area contributed by atoms with Crippen molar-refractivity contribution >= 4 is 5.82 Å². The van der Waals surface area contributed by atoms with Crippen LogP contribution in [0.3, 0.4) is 0 Å². The van der Waals surface area contributed by atoms with E-state index in [9.17, 15) is 31.4 Å². The summed E-state index contributed by atoms with van der Waals surface area (Å²) >= 11 is 0. The molecule has 2 aromatic heterocycles. The Morgan fingerprint density at radius 3 is 2.30 bits per heavy atom. The third kappa shape index (κ3) is 4.50. The normalized spacial score (nSPS) is 21.2. The van der Waals surface area contributed by atoms with Gasteiger partial charge >= 0.3 is 12.4 Å². The van der Waals surface area contributed by atoms with Crippen molar-refractivity contribution in [1.82, 2.24) is 15.0 Å². The van der Waals surface area contributed by atoms with Gasteiger partial charge in [-0.1, -0.05) is 13.8 Å². The fourth-order valence-electron chi connectivity index (χ4n) is 3.32. The Bertz CT molecular complexity index is 913. The van der Waals surface area contributed by atoms with E-state index in [0.717, 1.165) is 18.5 Å². The molecule has 0 spiro atoms. The maximum atomic E-state index is 13.4. The zero-order valence-electron chi connectivity index (χ0n) is 16.1. The first-order valence-corrected chi connectivity index (χ1v) is 9.18. The molecule has 0 aromatic carbocycles. The Morgan fingerprint density at radius 1 is 1.07 bits per heavy atom. The summed E-state index contributed by atoms with van der Waals surface area (Å²) in [5.74, 6) is -0.472. The molecule has 0 bridgehead atoms. The first-order chi connectivity index (χ1) is 13.8. The first kappa shape index (κ1) is 22.3. The van der Waals surface area contributed by atoms with E-state index in [1.54, 1.807) is 13.8 Å². The standard InChI is InChI=1S/C19H20F6N4O/c1-17(2)13(7-14(17)30)28-16-12(19(23,24)25)9-27-15(29-16)4-3-10-8-26-6-5-11(10)18(20,21)22/h5-6,8-9,13-14,30H,3-4,7H2,1-2H3,(H,27,28,29)/t13-,14-/m1/s1. The lowest BCUT2D eigenvalue weighted by atomic mass is 9.64. The minimum absolute atomic E-state index is 0.0276. The van der Waals surface area contributed by atoms with Gasteiger partial charge in [0.25, 0.3) is 0 Å². The average molecular weight is 434 g/mol. The number of aromatic nitrogens is 3. The van der Waals surface area contributed by atoms with Crippen LogP contribution in [0.2, 0.25) is 0 Å². The molecule has 3 rings (SSSR count). The molecular formula is C19H20F6N4O. The lowest BCUT2D eigenvalue weighted by Gasteiger charge is -2.49. The molecule has 1 aliphatic rings. The molecule has 11 heteroatoms. The van der Waals surface area contributed by atoms with Crippen LogP contribution in [0, 0.1) is 5.41 Å². The summed E-state index contributed by atoms with van der Waals surface area (Å²) in [7, 11) is 0. The fraction of sp³-hybridized carbons (Fsp3) is 0.526. The van der Waals surface area contributed by atoms with Crippen LogP contribution in [-0.4, -0.2) is 32.2 Å². The molecule has 1 saturated carbocycles. The van der Waals surface area contributed by atoms with Crippen LogP contribution in [0.4, 0.5) is 32.2 Å². The van der Waals surface area contributed by atoms with Gasteiger partial charge in [-0.15, -0.1) is 0 Å². The topological polar surface area (TPSA) is 70.9 Å². The molecule has 0 radical (unpaired) electrons. The average Bonchev–Trinajstić information content (AvgIpc) is 2.65. The largest absolute Gasteiger partial charge is 0.421 e. The summed E-state index contributed by atoms with van der Waals surface area (Å²) in [4.78, 5) is 11.3. The van der Waals surface area contributed by atoms with Crippen molar-refractivity contribution in [2.75, 3.05) is 5.32 Å². The van der Waals surface area contributed by atoms with Crippen molar-refractivity contribution in [3.05, 3.63) is 47.2 Å². The summed E-state index contributed by atoms with van der Waals surface area (Å²) in [5.41, 5.74) is -2.66. The fourth-order valence-corrected chi connectivity index (χ4v) is 3.32. The van der Waals surface area contributed by atoms with Gasteiger partial charge in [-0.05, 0) is 24.5 Å². The highest BCUT2D eigenvalue weighted by Gasteiger charge is 2.48. The number of nitrogens with zero attached hydrogens (tertiary/aromatic N) is 3. The molecule has 0 unspecified atom stereocenters. The van der Waals surface area contributed by atoms with E-state index in [4.69, 9.17) is 0 Å². The molecule has 0 amide bonds. The van der Waals surface area contributed by atoms with Crippen molar-refractivity contribution in [3.8, 4) is 0 Å². The molecule has 2 heterocycles. The summed E-state index contributed by atoms with van der Waals surface area (Å²) in [6.07, 6.45) is -7.18. The van der Waals surface area contributed by atoms with Crippen molar-refractivity contribution in [3.63, 3.8) is 0 Å². The van der Waals surface area contributed by atoms with E-state index in [0.29, 0.717) is 6.20 Å². The third-order valence-electron chi connectivity index (χ3n) is 5.50. The summed E-state index contributed by atoms with van der Waals surface area (Å²) in [6, 6.07) is 0.409. The maximum Gasteiger partial charge on any atom is 0.421 e. The SMILES string of the molecule is CC1(C)[C@H](O)C[C@H]1Nc1nc(CCc2cnccc2C(F)(F)F)ncc1C(F)(F)F. The van der Waals surface area contributed by atoms with Gasteiger partial charge in [0.05, 0.1) is 11.7 Å². The number of hydrogen-bond acceptors (Lipinski definition) is 5. The molecule has 164 valence electrons. The number of pyridine rings is 1. The van der Waals surface area contributed by atoms with Crippen LogP contribution in [0.15, 0.2) is 24.7 Å². The van der Waals surface area contributed by atoms with Gasteiger partial charge in [-0.2, -0.15) is 26.3 Å². The van der Waals surface area contributed by atoms with E-state index in [-0.39, 0.29) is 30.7 Å². The monoisotopic (exact) mass is 434 g/mol. The van der Waals surface area contributed by atoms with E-state index in [1.165, 1.54) is 0 Å². The van der Waals surface area contributed by atoms with Crippen molar-refractivity contribution in [1.29, 1.82) is 0 Å². The van der Waals surface area contributed by atoms with Crippen LogP contribution in [-0.2, 0) is 25.2 Å². The highest BCUT2D eigenvalue weighted by Crippen LogP contribution is 2.43. The van der Waals surface area contributed by atoms with E-state index >= 15 is 0 Å². The minimum atomic E-state index is -4.71. The highest BCUT2D eigenvalue weighted by molar-refractivity contribution is 5.47. The minimum Gasteiger partial charge on any atom is -0.392 e. The Balaban J connectivity index is 1.84. The van der Waals surface area contributed by atoms with Gasteiger partial charge in [0, 0.05) is 36.5 Å². The molecule has 0 saturated heterocycles. The summed E-state index contributed by atoms with van der Waals surface area (Å²) in [6.45, 7) is 3.44. The number of aliphatic hydroxyl groups is 1. The molecule has 0 aliphatic heterocycles. The smallest absolute Gasteiger partial charge is 0.392 e. The number of halogens is 6. The van der Waals surface area contributed by atoms with E-state index in [2.05, 4.69) is 20.3 Å². The highest BCUT2D eigenvalue weighted by atomic mass is 19.4. The second kappa shape index (κ2) is 7.68. The number of aryl methyl sites for hydroxylation is 2. The number of aliphatic hydroxyl groups excluding tert-OH is 1. The summed E-state index contributed by atoms with van der Waals surface area (Å²) < 4.78 is 79.4. The second-order valence-electron chi connectivity index (χ2n) is 7.85. The Morgan fingerprint density at radius 2 is 1.73 bits per heavy atom. The quantitative estimate of drug-likeness (QED) is 0.688. The van der Waals surface area contributed by atoms with Crippen LogP contribution < -0.4 is 5.32 Å². The Kier molecular flexibility index (Phi) is 5.70. The lowest BCUT2D eigenvalue weighted by molar-refractivity contribution is -0.138. The molecule has 30 heavy (non-hydrogen) atoms. The zero-order chi connectivity index (χ0) is 22.3. The molecule has 5 nitrogen and oxygen atoms in total. The third-order valence-corrected chi connectivity index (χ3v) is 5.50. The van der Waals surface area contributed by atoms with Gasteiger partial charge < -0.3 is 10.4 Å². The number of rotatable bonds is 5. The van der Waals surface area contributed by atoms with Gasteiger partial charge in [0.2, 0.25) is 0 Å². The van der Waals surface area contributed by atoms with Crippen molar-refractivity contribution < 1.29 is 31.4 Å². The van der Waals surface area contributed by atoms with Crippen LogP contribution in [0.1, 0.15) is 42.8 Å². The van der Waals surface area contributed by atoms with Crippen LogP contribution >= 0.6 is 0 Å². The molecule has 2 atom stereocenters. The first-order valence-electron chi connectivity index (χ1n) is 9.18. The lowest BCUT2D eigenvalue weighted by Crippen LogP contribution is -2.57. The Labute approximate surface area is 168 Å². The summed E-state index contributed by atoms with van der Waals surface area (Å²) in [5, 5.41) is 12.5. The van der Waals surface area contributed by atoms with Crippen molar-refractivity contribution in [2.45, 2.75) is 57.6 Å². The van der Waals surface area contributed by atoms with E-state index < -0.39 is 46.9 Å². The number of alkyl halides is 6. The number of hydrogen-bond donors (Lipinski definition) is 2. The molecule has 2 N–H and O–H groups in total. The molecular weight excluding hydrogens is 414 g/mol. The molecule has 1 aliphatic carbocycles. The number of nitrogens with one attached hydrogen (secondary N) is 1.